The number of amides is 1. The third-order valence-electron chi connectivity index (χ3n) is 5.33. The monoisotopic (exact) mass is 391 g/mol. The predicted molar refractivity (Wildman–Crippen MR) is 102 cm³/mol. The van der Waals surface area contributed by atoms with Crippen LogP contribution in [0.1, 0.15) is 54.9 Å². The van der Waals surface area contributed by atoms with E-state index in [9.17, 15) is 9.59 Å². The van der Waals surface area contributed by atoms with E-state index in [1.165, 1.54) is 7.11 Å². The molecule has 1 aliphatic carbocycles. The smallest absolute Gasteiger partial charge is 0.410 e. The first kappa shape index (κ1) is 20.6. The van der Waals surface area contributed by atoms with E-state index in [-0.39, 0.29) is 18.4 Å². The molecule has 3 rings (SSSR count). The van der Waals surface area contributed by atoms with Crippen LogP contribution >= 0.6 is 0 Å². The molecule has 0 bridgehead atoms. The van der Waals surface area contributed by atoms with E-state index in [0.29, 0.717) is 25.3 Å². The third-order valence-corrected chi connectivity index (χ3v) is 5.33. The molecular weight excluding hydrogens is 362 g/mol. The van der Waals surface area contributed by atoms with Gasteiger partial charge >= 0.3 is 12.1 Å². The summed E-state index contributed by atoms with van der Waals surface area (Å²) in [6.45, 7) is 3.66. The second-order valence-corrected chi connectivity index (χ2v) is 7.12. The third kappa shape index (κ3) is 4.64. The first-order valence-corrected chi connectivity index (χ1v) is 9.97. The molecule has 1 saturated heterocycles. The van der Waals surface area contributed by atoms with Crippen molar-refractivity contribution in [3.8, 4) is 0 Å². The number of carbonyl (C=O) groups excluding carboxylic acids is 2. The maximum atomic E-state index is 12.6. The average Bonchev–Trinajstić information content (AvgIpc) is 3.53. The van der Waals surface area contributed by atoms with Crippen molar-refractivity contribution in [2.45, 2.75) is 50.9 Å². The van der Waals surface area contributed by atoms with Crippen molar-refractivity contribution < 1.29 is 28.5 Å². The van der Waals surface area contributed by atoms with Crippen LogP contribution in [0.5, 0.6) is 0 Å². The minimum atomic E-state index is -0.405. The number of rotatable bonds is 8. The topological polar surface area (TPSA) is 74.3 Å². The average molecular weight is 391 g/mol. The van der Waals surface area contributed by atoms with Gasteiger partial charge in [0.1, 0.15) is 0 Å². The summed E-state index contributed by atoms with van der Waals surface area (Å²) in [6, 6.07) is 7.24. The van der Waals surface area contributed by atoms with Crippen LogP contribution in [0.4, 0.5) is 4.79 Å². The Bertz CT molecular complexity index is 664. The number of ether oxygens (including phenoxy) is 4. The Morgan fingerprint density at radius 3 is 2.54 bits per heavy atom. The van der Waals surface area contributed by atoms with Gasteiger partial charge in [0, 0.05) is 13.2 Å². The molecular formula is C21H29NO6. The van der Waals surface area contributed by atoms with Gasteiger partial charge in [-0.15, -0.1) is 0 Å². The van der Waals surface area contributed by atoms with Crippen molar-refractivity contribution in [2.75, 3.05) is 33.5 Å². The molecule has 0 N–H and O–H groups in total. The fourth-order valence-corrected chi connectivity index (χ4v) is 3.67. The minimum Gasteiger partial charge on any atom is -0.465 e. The maximum Gasteiger partial charge on any atom is 0.410 e. The molecule has 1 heterocycles. The van der Waals surface area contributed by atoms with Crippen LogP contribution < -0.4 is 0 Å². The molecule has 0 spiro atoms. The zero-order valence-electron chi connectivity index (χ0n) is 16.6. The quantitative estimate of drug-likeness (QED) is 0.632. The van der Waals surface area contributed by atoms with Crippen LogP contribution in [0, 0.1) is 0 Å². The number of benzene rings is 1. The van der Waals surface area contributed by atoms with Gasteiger partial charge < -0.3 is 18.9 Å². The van der Waals surface area contributed by atoms with Gasteiger partial charge in [-0.05, 0) is 56.7 Å². The van der Waals surface area contributed by atoms with Crippen LogP contribution in [0.2, 0.25) is 0 Å². The van der Waals surface area contributed by atoms with Gasteiger partial charge in [-0.25, -0.2) is 9.59 Å². The molecule has 0 unspecified atom stereocenters. The Morgan fingerprint density at radius 2 is 1.96 bits per heavy atom. The first-order chi connectivity index (χ1) is 13.6. The molecule has 2 fully saturated rings. The van der Waals surface area contributed by atoms with Crippen LogP contribution in [-0.4, -0.2) is 56.7 Å². The van der Waals surface area contributed by atoms with Crippen LogP contribution in [0.15, 0.2) is 24.3 Å². The molecule has 0 radical (unpaired) electrons. The van der Waals surface area contributed by atoms with Gasteiger partial charge in [0.05, 0.1) is 31.4 Å². The molecule has 1 aromatic rings. The zero-order valence-corrected chi connectivity index (χ0v) is 16.6. The molecule has 1 aromatic carbocycles. The molecule has 154 valence electrons. The lowest BCUT2D eigenvalue weighted by molar-refractivity contribution is -0.164. The highest BCUT2D eigenvalue weighted by molar-refractivity contribution is 5.89. The van der Waals surface area contributed by atoms with Gasteiger partial charge in [0.2, 0.25) is 0 Å². The highest BCUT2D eigenvalue weighted by Gasteiger charge is 2.52. The molecule has 1 aliphatic heterocycles. The van der Waals surface area contributed by atoms with Crippen LogP contribution in [-0.2, 0) is 24.5 Å². The fourth-order valence-electron chi connectivity index (χ4n) is 3.67. The molecule has 7 nitrogen and oxygen atoms in total. The van der Waals surface area contributed by atoms with E-state index in [1.54, 1.807) is 24.0 Å². The Labute approximate surface area is 165 Å². The van der Waals surface area contributed by atoms with E-state index in [0.717, 1.165) is 44.3 Å². The SMILES string of the molecule is CCOC(=O)N(CCO[C@@H]1CCCCO1)C1(c2ccc(C(=O)OC)cc2)CC1. The standard InChI is InChI=1S/C21H29NO6/c1-3-26-20(24)22(13-15-28-18-6-4-5-14-27-18)21(11-12-21)17-9-7-16(8-10-17)19(23)25-2/h7-10,18H,3-6,11-15H2,1-2H3/t18-/m1/s1. The van der Waals surface area contributed by atoms with Crippen molar-refractivity contribution in [2.24, 2.45) is 0 Å². The van der Waals surface area contributed by atoms with E-state index in [2.05, 4.69) is 0 Å². The largest absolute Gasteiger partial charge is 0.465 e. The highest BCUT2D eigenvalue weighted by atomic mass is 16.7. The van der Waals surface area contributed by atoms with E-state index >= 15 is 0 Å². The second-order valence-electron chi connectivity index (χ2n) is 7.12. The van der Waals surface area contributed by atoms with Crippen molar-refractivity contribution >= 4 is 12.1 Å². The molecule has 2 aliphatic rings. The molecule has 7 heteroatoms. The lowest BCUT2D eigenvalue weighted by atomic mass is 10.0. The molecule has 1 atom stereocenters. The Morgan fingerprint density at radius 1 is 1.21 bits per heavy atom. The number of hydrogen-bond donors (Lipinski definition) is 0. The maximum absolute atomic E-state index is 12.6. The summed E-state index contributed by atoms with van der Waals surface area (Å²) < 4.78 is 21.5. The van der Waals surface area contributed by atoms with Gasteiger partial charge in [0.15, 0.2) is 6.29 Å². The van der Waals surface area contributed by atoms with E-state index in [4.69, 9.17) is 18.9 Å². The number of nitrogens with zero attached hydrogens (tertiary/aromatic N) is 1. The summed E-state index contributed by atoms with van der Waals surface area (Å²) in [5, 5.41) is 0. The summed E-state index contributed by atoms with van der Waals surface area (Å²) in [7, 11) is 1.36. The lowest BCUT2D eigenvalue weighted by Gasteiger charge is -2.32. The number of esters is 1. The van der Waals surface area contributed by atoms with Crippen molar-refractivity contribution in [1.82, 2.24) is 4.90 Å². The van der Waals surface area contributed by atoms with Crippen molar-refractivity contribution in [1.29, 1.82) is 0 Å². The van der Waals surface area contributed by atoms with Crippen LogP contribution in [0.3, 0.4) is 0 Å². The number of hydrogen-bond acceptors (Lipinski definition) is 6. The summed E-state index contributed by atoms with van der Waals surface area (Å²) in [4.78, 5) is 26.1. The van der Waals surface area contributed by atoms with Crippen molar-refractivity contribution in [3.63, 3.8) is 0 Å². The summed E-state index contributed by atoms with van der Waals surface area (Å²) in [5.41, 5.74) is 1.07. The second kappa shape index (κ2) is 9.39. The fraction of sp³-hybridized carbons (Fsp3) is 0.619. The van der Waals surface area contributed by atoms with Gasteiger partial charge in [0.25, 0.3) is 0 Å². The predicted octanol–water partition coefficient (Wildman–Crippen LogP) is 3.46. The summed E-state index contributed by atoms with van der Waals surface area (Å²) >= 11 is 0. The number of carbonyl (C=O) groups is 2. The van der Waals surface area contributed by atoms with Gasteiger partial charge in [-0.3, -0.25) is 4.90 Å². The van der Waals surface area contributed by atoms with E-state index in [1.807, 2.05) is 12.1 Å². The van der Waals surface area contributed by atoms with Crippen molar-refractivity contribution in [3.05, 3.63) is 35.4 Å². The Kier molecular flexibility index (Phi) is 6.91. The molecule has 0 aromatic heterocycles. The zero-order chi connectivity index (χ0) is 20.0. The molecule has 28 heavy (non-hydrogen) atoms. The normalized spacial score (nSPS) is 20.3. The first-order valence-electron chi connectivity index (χ1n) is 9.97. The van der Waals surface area contributed by atoms with Gasteiger partial charge in [-0.2, -0.15) is 0 Å². The van der Waals surface area contributed by atoms with E-state index < -0.39 is 5.54 Å². The minimum absolute atomic E-state index is 0.188. The van der Waals surface area contributed by atoms with Gasteiger partial charge in [-0.1, -0.05) is 12.1 Å². The lowest BCUT2D eigenvalue weighted by Crippen LogP contribution is -2.43. The molecule has 1 saturated carbocycles. The highest BCUT2D eigenvalue weighted by Crippen LogP contribution is 2.51. The Hall–Kier alpha value is -2.12. The summed E-state index contributed by atoms with van der Waals surface area (Å²) in [6.07, 6.45) is 4.23. The van der Waals surface area contributed by atoms with Crippen LogP contribution in [0.25, 0.3) is 0 Å². The molecule has 1 amide bonds. The Balaban J connectivity index is 1.69. The number of methoxy groups -OCH3 is 1. The summed E-state index contributed by atoms with van der Waals surface area (Å²) in [5.74, 6) is -0.375.